The van der Waals surface area contributed by atoms with Gasteiger partial charge in [-0.2, -0.15) is 0 Å². The lowest BCUT2D eigenvalue weighted by Crippen LogP contribution is -2.37. The number of hydrogen-bond donors (Lipinski definition) is 3. The maximum Gasteiger partial charge on any atom is 0.307 e. The number of amides is 2. The van der Waals surface area contributed by atoms with E-state index >= 15 is 0 Å². The van der Waals surface area contributed by atoms with E-state index in [-0.39, 0.29) is 17.9 Å². The SMILES string of the molecule is Cc1sc(NC(=O)[C@@H]2CC=CC[C@@H]2C(=O)O)c(C(=O)NC2CCCCC2)c1C. The van der Waals surface area contributed by atoms with Crippen LogP contribution in [0.5, 0.6) is 0 Å². The standard InChI is InChI=1S/C21H28N2O4S/c1-12-13(2)28-20(17(12)19(25)22-14-8-4-3-5-9-14)23-18(24)15-10-6-7-11-16(15)21(26)27/h6-7,14-16H,3-5,8-11H2,1-2H3,(H,22,25)(H,23,24)(H,26,27)/t15-,16+/m1/s1. The summed E-state index contributed by atoms with van der Waals surface area (Å²) in [5, 5.41) is 15.9. The van der Waals surface area contributed by atoms with Crippen LogP contribution in [0, 0.1) is 25.7 Å². The van der Waals surface area contributed by atoms with Crippen LogP contribution >= 0.6 is 11.3 Å². The zero-order valence-corrected chi connectivity index (χ0v) is 17.2. The predicted molar refractivity (Wildman–Crippen MR) is 110 cm³/mol. The van der Waals surface area contributed by atoms with Crippen LogP contribution in [-0.2, 0) is 9.59 Å². The van der Waals surface area contributed by atoms with Crippen molar-refractivity contribution in [1.29, 1.82) is 0 Å². The molecular formula is C21H28N2O4S. The van der Waals surface area contributed by atoms with Gasteiger partial charge in [0, 0.05) is 10.9 Å². The minimum Gasteiger partial charge on any atom is -0.481 e. The number of thiophene rings is 1. The molecule has 1 fully saturated rings. The highest BCUT2D eigenvalue weighted by Gasteiger charge is 2.35. The van der Waals surface area contributed by atoms with Crippen molar-refractivity contribution in [3.05, 3.63) is 28.2 Å². The van der Waals surface area contributed by atoms with Crippen LogP contribution in [0.3, 0.4) is 0 Å². The first-order chi connectivity index (χ1) is 13.4. The van der Waals surface area contributed by atoms with E-state index in [0.717, 1.165) is 36.1 Å². The van der Waals surface area contributed by atoms with Crippen molar-refractivity contribution in [2.75, 3.05) is 5.32 Å². The average molecular weight is 405 g/mol. The lowest BCUT2D eigenvalue weighted by Gasteiger charge is -2.25. The number of anilines is 1. The van der Waals surface area contributed by atoms with Crippen molar-refractivity contribution < 1.29 is 19.5 Å². The van der Waals surface area contributed by atoms with Gasteiger partial charge >= 0.3 is 5.97 Å². The Kier molecular flexibility index (Phi) is 6.54. The quantitative estimate of drug-likeness (QED) is 0.646. The van der Waals surface area contributed by atoms with Gasteiger partial charge in [0.05, 0.1) is 17.4 Å². The van der Waals surface area contributed by atoms with Gasteiger partial charge in [-0.1, -0.05) is 31.4 Å². The fraction of sp³-hybridized carbons (Fsp3) is 0.571. The highest BCUT2D eigenvalue weighted by Crippen LogP contribution is 2.35. The molecule has 1 aromatic heterocycles. The smallest absolute Gasteiger partial charge is 0.307 e. The van der Waals surface area contributed by atoms with E-state index in [1.165, 1.54) is 17.8 Å². The number of hydrogen-bond acceptors (Lipinski definition) is 4. The van der Waals surface area contributed by atoms with Crippen molar-refractivity contribution in [3.8, 4) is 0 Å². The molecule has 2 aliphatic carbocycles. The van der Waals surface area contributed by atoms with Gasteiger partial charge in [-0.05, 0) is 45.1 Å². The number of carboxylic acids is 1. The van der Waals surface area contributed by atoms with Crippen LogP contribution < -0.4 is 10.6 Å². The summed E-state index contributed by atoms with van der Waals surface area (Å²) < 4.78 is 0. The molecule has 2 aliphatic rings. The number of rotatable bonds is 5. The van der Waals surface area contributed by atoms with Gasteiger partial charge in [0.15, 0.2) is 0 Å². The van der Waals surface area contributed by atoms with E-state index in [9.17, 15) is 19.5 Å². The van der Waals surface area contributed by atoms with E-state index in [1.807, 2.05) is 26.0 Å². The van der Waals surface area contributed by atoms with Crippen LogP contribution in [0.2, 0.25) is 0 Å². The molecule has 6 nitrogen and oxygen atoms in total. The summed E-state index contributed by atoms with van der Waals surface area (Å²) in [6.07, 6.45) is 9.86. The predicted octanol–water partition coefficient (Wildman–Crippen LogP) is 4.03. The van der Waals surface area contributed by atoms with Gasteiger partial charge in [0.1, 0.15) is 5.00 Å². The van der Waals surface area contributed by atoms with Crippen LogP contribution in [0.1, 0.15) is 65.7 Å². The summed E-state index contributed by atoms with van der Waals surface area (Å²) in [5.74, 6) is -2.79. The summed E-state index contributed by atoms with van der Waals surface area (Å²) in [7, 11) is 0. The van der Waals surface area contributed by atoms with Crippen molar-refractivity contribution in [3.63, 3.8) is 0 Å². The van der Waals surface area contributed by atoms with Crippen LogP contribution in [0.15, 0.2) is 12.2 Å². The molecule has 0 radical (unpaired) electrons. The molecule has 0 aliphatic heterocycles. The molecule has 2 atom stereocenters. The van der Waals surface area contributed by atoms with Crippen LogP contribution in [0.25, 0.3) is 0 Å². The molecule has 0 unspecified atom stereocenters. The summed E-state index contributed by atoms with van der Waals surface area (Å²) in [4.78, 5) is 38.2. The molecule has 3 N–H and O–H groups in total. The molecule has 0 spiro atoms. The molecule has 152 valence electrons. The van der Waals surface area contributed by atoms with E-state index in [2.05, 4.69) is 10.6 Å². The normalized spacial score (nSPS) is 22.6. The summed E-state index contributed by atoms with van der Waals surface area (Å²) in [5.41, 5.74) is 1.38. The van der Waals surface area contributed by atoms with E-state index in [0.29, 0.717) is 23.4 Å². The maximum absolute atomic E-state index is 12.9. The highest BCUT2D eigenvalue weighted by atomic mass is 32.1. The summed E-state index contributed by atoms with van der Waals surface area (Å²) in [6.45, 7) is 3.82. The summed E-state index contributed by atoms with van der Waals surface area (Å²) in [6, 6.07) is 0.185. The fourth-order valence-electron chi connectivity index (χ4n) is 4.07. The van der Waals surface area contributed by atoms with Gasteiger partial charge in [-0.15, -0.1) is 11.3 Å². The second-order valence-corrected chi connectivity index (χ2v) is 9.00. The largest absolute Gasteiger partial charge is 0.481 e. The molecule has 0 aromatic carbocycles. The number of aliphatic carboxylic acids is 1. The molecule has 1 heterocycles. The monoisotopic (exact) mass is 404 g/mol. The van der Waals surface area contributed by atoms with Crippen molar-refractivity contribution in [2.24, 2.45) is 11.8 Å². The van der Waals surface area contributed by atoms with Crippen LogP contribution in [0.4, 0.5) is 5.00 Å². The van der Waals surface area contributed by atoms with Crippen molar-refractivity contribution in [1.82, 2.24) is 5.32 Å². The molecule has 0 bridgehead atoms. The van der Waals surface area contributed by atoms with Gasteiger partial charge in [0.2, 0.25) is 5.91 Å². The van der Waals surface area contributed by atoms with E-state index < -0.39 is 17.8 Å². The minimum absolute atomic E-state index is 0.151. The first-order valence-corrected chi connectivity index (χ1v) is 10.8. The van der Waals surface area contributed by atoms with Gasteiger partial charge in [0.25, 0.3) is 5.91 Å². The fourth-order valence-corrected chi connectivity index (χ4v) is 5.14. The third-order valence-corrected chi connectivity index (χ3v) is 7.00. The number of nitrogens with one attached hydrogen (secondary N) is 2. The maximum atomic E-state index is 12.9. The lowest BCUT2D eigenvalue weighted by atomic mass is 9.82. The number of carboxylic acid groups (broad SMARTS) is 1. The second-order valence-electron chi connectivity index (χ2n) is 7.78. The molecule has 0 saturated heterocycles. The number of aryl methyl sites for hydroxylation is 1. The summed E-state index contributed by atoms with van der Waals surface area (Å²) >= 11 is 1.38. The zero-order chi connectivity index (χ0) is 20.3. The number of allylic oxidation sites excluding steroid dienone is 2. The first kappa shape index (κ1) is 20.6. The third kappa shape index (κ3) is 4.46. The first-order valence-electron chi connectivity index (χ1n) is 9.98. The van der Waals surface area contributed by atoms with E-state index in [4.69, 9.17) is 0 Å². The van der Waals surface area contributed by atoms with Crippen molar-refractivity contribution in [2.45, 2.75) is 64.8 Å². The topological polar surface area (TPSA) is 95.5 Å². The third-order valence-electron chi connectivity index (χ3n) is 5.88. The Balaban J connectivity index is 1.77. The Labute approximate surface area is 169 Å². The average Bonchev–Trinajstić information content (AvgIpc) is 2.96. The van der Waals surface area contributed by atoms with Crippen molar-refractivity contribution >= 4 is 34.1 Å². The molecular weight excluding hydrogens is 376 g/mol. The molecule has 1 saturated carbocycles. The molecule has 3 rings (SSSR count). The second kappa shape index (κ2) is 8.90. The highest BCUT2D eigenvalue weighted by molar-refractivity contribution is 7.16. The van der Waals surface area contributed by atoms with E-state index in [1.54, 1.807) is 0 Å². The number of carbonyl (C=O) groups is 3. The number of carbonyl (C=O) groups excluding carboxylic acids is 2. The Hall–Kier alpha value is -2.15. The molecule has 28 heavy (non-hydrogen) atoms. The van der Waals surface area contributed by atoms with Gasteiger partial charge in [-0.25, -0.2) is 0 Å². The Morgan fingerprint density at radius 3 is 2.32 bits per heavy atom. The molecule has 7 heteroatoms. The molecule has 2 amide bonds. The Morgan fingerprint density at radius 1 is 1.04 bits per heavy atom. The lowest BCUT2D eigenvalue weighted by molar-refractivity contribution is -0.146. The zero-order valence-electron chi connectivity index (χ0n) is 16.4. The minimum atomic E-state index is -0.960. The van der Waals surface area contributed by atoms with Gasteiger partial charge < -0.3 is 15.7 Å². The Morgan fingerprint density at radius 2 is 1.68 bits per heavy atom. The molecule has 1 aromatic rings. The Bertz CT molecular complexity index is 793. The van der Waals surface area contributed by atoms with Crippen LogP contribution in [-0.4, -0.2) is 28.9 Å². The van der Waals surface area contributed by atoms with Gasteiger partial charge in [-0.3, -0.25) is 14.4 Å².